The quantitative estimate of drug-likeness (QED) is 0.795. The van der Waals surface area contributed by atoms with Crippen LogP contribution in [0.4, 0.5) is 5.69 Å². The highest BCUT2D eigenvalue weighted by molar-refractivity contribution is 7.88. The topological polar surface area (TPSA) is 95.6 Å². The highest BCUT2D eigenvalue weighted by atomic mass is 32.2. The van der Waals surface area contributed by atoms with Crippen molar-refractivity contribution in [1.29, 1.82) is 0 Å². The summed E-state index contributed by atoms with van der Waals surface area (Å²) in [6, 6.07) is 6.89. The van der Waals surface area contributed by atoms with Crippen molar-refractivity contribution < 1.29 is 18.0 Å². The van der Waals surface area contributed by atoms with Gasteiger partial charge in [-0.1, -0.05) is 19.1 Å². The van der Waals surface area contributed by atoms with Crippen LogP contribution in [0.3, 0.4) is 0 Å². The Hall–Kier alpha value is -1.93. The average molecular weight is 367 g/mol. The number of rotatable bonds is 6. The molecule has 25 heavy (non-hydrogen) atoms. The number of sulfonamides is 1. The van der Waals surface area contributed by atoms with E-state index in [1.54, 1.807) is 24.3 Å². The smallest absolute Gasteiger partial charge is 0.253 e. The maximum Gasteiger partial charge on any atom is 0.253 e. The minimum atomic E-state index is -3.21. The fraction of sp³-hybridized carbons (Fsp3) is 0.529. The van der Waals surface area contributed by atoms with E-state index in [-0.39, 0.29) is 17.7 Å². The summed E-state index contributed by atoms with van der Waals surface area (Å²) in [6.45, 7) is 3.23. The van der Waals surface area contributed by atoms with Crippen molar-refractivity contribution in [3.05, 3.63) is 29.8 Å². The molecule has 0 unspecified atom stereocenters. The molecule has 0 aromatic heterocycles. The van der Waals surface area contributed by atoms with Gasteiger partial charge >= 0.3 is 0 Å². The molecule has 2 amide bonds. The lowest BCUT2D eigenvalue weighted by Crippen LogP contribution is -2.41. The lowest BCUT2D eigenvalue weighted by molar-refractivity contribution is -0.120. The van der Waals surface area contributed by atoms with Gasteiger partial charge in [0, 0.05) is 25.6 Å². The molecular formula is C17H25N3O4S. The summed E-state index contributed by atoms with van der Waals surface area (Å²) in [5.41, 5.74) is 0.907. The van der Waals surface area contributed by atoms with Gasteiger partial charge in [-0.2, -0.15) is 0 Å². The Morgan fingerprint density at radius 3 is 2.44 bits per heavy atom. The number of amides is 2. The van der Waals surface area contributed by atoms with Crippen molar-refractivity contribution in [2.24, 2.45) is 5.92 Å². The van der Waals surface area contributed by atoms with Gasteiger partial charge in [0.2, 0.25) is 15.9 Å². The van der Waals surface area contributed by atoms with Crippen LogP contribution in [0.5, 0.6) is 0 Å². The van der Waals surface area contributed by atoms with Gasteiger partial charge in [0.05, 0.1) is 17.5 Å². The summed E-state index contributed by atoms with van der Waals surface area (Å²) in [4.78, 5) is 24.7. The zero-order chi connectivity index (χ0) is 18.4. The molecule has 0 spiro atoms. The minimum Gasteiger partial charge on any atom is -0.352 e. The summed E-state index contributed by atoms with van der Waals surface area (Å²) in [6.07, 6.45) is 2.96. The Kier molecular flexibility index (Phi) is 6.55. The summed E-state index contributed by atoms with van der Waals surface area (Å²) in [5.74, 6) is -0.654. The molecule has 1 aromatic rings. The van der Waals surface area contributed by atoms with E-state index in [0.717, 1.165) is 6.42 Å². The fourth-order valence-corrected chi connectivity index (χ4v) is 3.68. The molecule has 1 heterocycles. The minimum absolute atomic E-state index is 0.177. The number of piperidine rings is 1. The first kappa shape index (κ1) is 19.4. The molecule has 1 saturated heterocycles. The van der Waals surface area contributed by atoms with Crippen LogP contribution < -0.4 is 10.6 Å². The van der Waals surface area contributed by atoms with Crippen LogP contribution in [-0.4, -0.2) is 50.4 Å². The normalized spacial score (nSPS) is 16.4. The Morgan fingerprint density at radius 1 is 1.20 bits per heavy atom. The first-order chi connectivity index (χ1) is 11.8. The van der Waals surface area contributed by atoms with Crippen molar-refractivity contribution in [1.82, 2.24) is 9.62 Å². The van der Waals surface area contributed by atoms with E-state index < -0.39 is 10.0 Å². The standard InChI is InChI=1S/C17H25N3O4S/c1-3-10-18-17(22)14-6-4-5-7-15(14)19-16(21)13-8-11-20(12-9-13)25(2,23)24/h4-7,13H,3,8-12H2,1-2H3,(H,18,22)(H,19,21). The first-order valence-electron chi connectivity index (χ1n) is 8.46. The molecule has 2 rings (SSSR count). The number of carbonyl (C=O) groups excluding carboxylic acids is 2. The molecule has 0 atom stereocenters. The van der Waals surface area contributed by atoms with Crippen molar-refractivity contribution in [2.45, 2.75) is 26.2 Å². The summed E-state index contributed by atoms with van der Waals surface area (Å²) < 4.78 is 24.5. The molecule has 2 N–H and O–H groups in total. The summed E-state index contributed by atoms with van der Waals surface area (Å²) in [5, 5.41) is 5.62. The fourth-order valence-electron chi connectivity index (χ4n) is 2.81. The Morgan fingerprint density at radius 2 is 1.84 bits per heavy atom. The monoisotopic (exact) mass is 367 g/mol. The predicted octanol–water partition coefficient (Wildman–Crippen LogP) is 1.44. The third kappa shape index (κ3) is 5.27. The molecule has 0 aliphatic carbocycles. The van der Waals surface area contributed by atoms with Gasteiger partial charge in [-0.15, -0.1) is 0 Å². The van der Waals surface area contributed by atoms with Crippen LogP contribution >= 0.6 is 0 Å². The number of hydrogen-bond donors (Lipinski definition) is 2. The van der Waals surface area contributed by atoms with Crippen molar-refractivity contribution in [3.8, 4) is 0 Å². The molecule has 0 saturated carbocycles. The lowest BCUT2D eigenvalue weighted by Gasteiger charge is -2.29. The molecule has 1 aromatic carbocycles. The predicted molar refractivity (Wildman–Crippen MR) is 96.8 cm³/mol. The van der Waals surface area contributed by atoms with Gasteiger partial charge in [-0.05, 0) is 31.4 Å². The van der Waals surface area contributed by atoms with Crippen molar-refractivity contribution in [2.75, 3.05) is 31.2 Å². The van der Waals surface area contributed by atoms with E-state index >= 15 is 0 Å². The third-order valence-corrected chi connectivity index (χ3v) is 5.56. The van der Waals surface area contributed by atoms with Gasteiger partial charge in [0.1, 0.15) is 0 Å². The maximum atomic E-state index is 12.5. The average Bonchev–Trinajstić information content (AvgIpc) is 2.59. The van der Waals surface area contributed by atoms with Crippen molar-refractivity contribution >= 4 is 27.5 Å². The van der Waals surface area contributed by atoms with Crippen LogP contribution in [0.25, 0.3) is 0 Å². The second-order valence-corrected chi connectivity index (χ2v) is 8.21. The molecular weight excluding hydrogens is 342 g/mol. The summed E-state index contributed by atoms with van der Waals surface area (Å²) >= 11 is 0. The number of nitrogens with zero attached hydrogens (tertiary/aromatic N) is 1. The molecule has 0 radical (unpaired) electrons. The maximum absolute atomic E-state index is 12.5. The van der Waals surface area contributed by atoms with Gasteiger partial charge in [0.25, 0.3) is 5.91 Å². The van der Waals surface area contributed by atoms with E-state index in [4.69, 9.17) is 0 Å². The number of anilines is 1. The van der Waals surface area contributed by atoms with Crippen LogP contribution in [0.15, 0.2) is 24.3 Å². The van der Waals surface area contributed by atoms with Gasteiger partial charge < -0.3 is 10.6 Å². The highest BCUT2D eigenvalue weighted by Crippen LogP contribution is 2.22. The number of hydrogen-bond acceptors (Lipinski definition) is 4. The molecule has 0 bridgehead atoms. The number of benzene rings is 1. The van der Waals surface area contributed by atoms with E-state index in [1.165, 1.54) is 10.6 Å². The zero-order valence-electron chi connectivity index (χ0n) is 14.6. The Labute approximate surface area is 148 Å². The summed E-state index contributed by atoms with van der Waals surface area (Å²) in [7, 11) is -3.21. The third-order valence-electron chi connectivity index (χ3n) is 4.26. The second kappa shape index (κ2) is 8.44. The highest BCUT2D eigenvalue weighted by Gasteiger charge is 2.29. The first-order valence-corrected chi connectivity index (χ1v) is 10.3. The molecule has 8 heteroatoms. The number of para-hydroxylation sites is 1. The molecule has 7 nitrogen and oxygen atoms in total. The largest absolute Gasteiger partial charge is 0.352 e. The molecule has 1 fully saturated rings. The molecule has 1 aliphatic rings. The van der Waals surface area contributed by atoms with Crippen LogP contribution in [-0.2, 0) is 14.8 Å². The number of nitrogens with one attached hydrogen (secondary N) is 2. The van der Waals surface area contributed by atoms with E-state index in [0.29, 0.717) is 43.7 Å². The van der Waals surface area contributed by atoms with Gasteiger partial charge in [-0.3, -0.25) is 9.59 Å². The van der Waals surface area contributed by atoms with Crippen molar-refractivity contribution in [3.63, 3.8) is 0 Å². The Balaban J connectivity index is 2.01. The van der Waals surface area contributed by atoms with E-state index in [1.807, 2.05) is 6.92 Å². The van der Waals surface area contributed by atoms with Crippen LogP contribution in [0.2, 0.25) is 0 Å². The zero-order valence-corrected chi connectivity index (χ0v) is 15.4. The molecule has 1 aliphatic heterocycles. The van der Waals surface area contributed by atoms with Crippen LogP contribution in [0.1, 0.15) is 36.5 Å². The van der Waals surface area contributed by atoms with E-state index in [2.05, 4.69) is 10.6 Å². The Bertz CT molecular complexity index is 725. The lowest BCUT2D eigenvalue weighted by atomic mass is 9.97. The van der Waals surface area contributed by atoms with E-state index in [9.17, 15) is 18.0 Å². The number of carbonyl (C=O) groups is 2. The molecule has 138 valence electrons. The second-order valence-electron chi connectivity index (χ2n) is 6.23. The van der Waals surface area contributed by atoms with Gasteiger partial charge in [0.15, 0.2) is 0 Å². The SMILES string of the molecule is CCCNC(=O)c1ccccc1NC(=O)C1CCN(S(C)(=O)=O)CC1. The van der Waals surface area contributed by atoms with Gasteiger partial charge in [-0.25, -0.2) is 12.7 Å². The van der Waals surface area contributed by atoms with Crippen LogP contribution in [0, 0.1) is 5.92 Å².